The first-order valence-electron chi connectivity index (χ1n) is 4.98. The molecule has 0 aliphatic rings. The fourth-order valence-electron chi connectivity index (χ4n) is 1.59. The lowest BCUT2D eigenvalue weighted by atomic mass is 10.0. The van der Waals surface area contributed by atoms with Crippen molar-refractivity contribution in [1.82, 2.24) is 4.98 Å². The van der Waals surface area contributed by atoms with Crippen molar-refractivity contribution in [3.63, 3.8) is 0 Å². The van der Waals surface area contributed by atoms with E-state index in [-0.39, 0.29) is 0 Å². The molecule has 84 valence electrons. The first kappa shape index (κ1) is 11.9. The van der Waals surface area contributed by atoms with E-state index in [0.29, 0.717) is 16.5 Å². The van der Waals surface area contributed by atoms with Crippen molar-refractivity contribution in [2.75, 3.05) is 0 Å². The molecule has 0 N–H and O–H groups in total. The van der Waals surface area contributed by atoms with Gasteiger partial charge in [-0.2, -0.15) is 5.26 Å². The predicted molar refractivity (Wildman–Crippen MR) is 69.0 cm³/mol. The second kappa shape index (κ2) is 5.18. The Morgan fingerprint density at radius 3 is 2.76 bits per heavy atom. The number of pyridine rings is 1. The maximum atomic E-state index is 8.77. The van der Waals surface area contributed by atoms with Gasteiger partial charge in [-0.1, -0.05) is 29.3 Å². The van der Waals surface area contributed by atoms with Gasteiger partial charge >= 0.3 is 0 Å². The Labute approximate surface area is 109 Å². The zero-order valence-corrected chi connectivity index (χ0v) is 10.3. The van der Waals surface area contributed by atoms with E-state index in [1.807, 2.05) is 12.1 Å². The molecule has 0 atom stereocenters. The zero-order chi connectivity index (χ0) is 12.3. The largest absolute Gasteiger partial charge is 0.256 e. The second-order valence-electron chi connectivity index (χ2n) is 3.47. The van der Waals surface area contributed by atoms with Crippen LogP contribution in [0.5, 0.6) is 0 Å². The molecule has 4 heteroatoms. The molecular formula is C13H8Cl2N2. The summed E-state index contributed by atoms with van der Waals surface area (Å²) in [6, 6.07) is 11.0. The summed E-state index contributed by atoms with van der Waals surface area (Å²) in [4.78, 5) is 4.28. The van der Waals surface area contributed by atoms with Crippen LogP contribution < -0.4 is 0 Å². The van der Waals surface area contributed by atoms with Crippen LogP contribution in [-0.2, 0) is 6.42 Å². The van der Waals surface area contributed by atoms with Crippen LogP contribution in [0.4, 0.5) is 0 Å². The van der Waals surface area contributed by atoms with Crippen LogP contribution in [0.2, 0.25) is 10.0 Å². The van der Waals surface area contributed by atoms with E-state index in [2.05, 4.69) is 11.1 Å². The molecular weight excluding hydrogens is 255 g/mol. The molecule has 0 spiro atoms. The smallest absolute Gasteiger partial charge is 0.0759 e. The molecule has 0 aliphatic heterocycles. The van der Waals surface area contributed by atoms with Crippen molar-refractivity contribution < 1.29 is 0 Å². The molecule has 0 amide bonds. The standard InChI is InChI=1S/C13H8Cl2N2/c14-10-3-4-11(12(15)8-10)13-9(5-6-16)2-1-7-17-13/h1-4,7-8H,5H2. The average Bonchev–Trinajstić information content (AvgIpc) is 2.31. The summed E-state index contributed by atoms with van der Waals surface area (Å²) in [5.74, 6) is 0. The van der Waals surface area contributed by atoms with Crippen LogP contribution in [0, 0.1) is 11.3 Å². The molecule has 1 aromatic heterocycles. The van der Waals surface area contributed by atoms with Crippen LogP contribution in [-0.4, -0.2) is 4.98 Å². The lowest BCUT2D eigenvalue weighted by molar-refractivity contribution is 1.20. The maximum Gasteiger partial charge on any atom is 0.0759 e. The molecule has 2 aromatic rings. The molecule has 0 fully saturated rings. The van der Waals surface area contributed by atoms with Gasteiger partial charge in [-0.15, -0.1) is 0 Å². The molecule has 1 heterocycles. The van der Waals surface area contributed by atoms with Crippen molar-refractivity contribution >= 4 is 23.2 Å². The summed E-state index contributed by atoms with van der Waals surface area (Å²) < 4.78 is 0. The Kier molecular flexibility index (Phi) is 3.63. The minimum absolute atomic E-state index is 0.308. The lowest BCUT2D eigenvalue weighted by Crippen LogP contribution is -1.92. The third kappa shape index (κ3) is 2.58. The SMILES string of the molecule is N#CCc1cccnc1-c1ccc(Cl)cc1Cl. The molecule has 0 unspecified atom stereocenters. The number of nitrogens with zero attached hydrogens (tertiary/aromatic N) is 2. The van der Waals surface area contributed by atoms with Crippen molar-refractivity contribution in [2.24, 2.45) is 0 Å². The number of halogens is 2. The van der Waals surface area contributed by atoms with Crippen LogP contribution in [0.3, 0.4) is 0 Å². The molecule has 2 rings (SSSR count). The van der Waals surface area contributed by atoms with E-state index in [0.717, 1.165) is 16.8 Å². The van der Waals surface area contributed by atoms with Crippen molar-refractivity contribution in [2.45, 2.75) is 6.42 Å². The summed E-state index contributed by atoms with van der Waals surface area (Å²) in [6.45, 7) is 0. The monoisotopic (exact) mass is 262 g/mol. The molecule has 0 bridgehead atoms. The number of benzene rings is 1. The summed E-state index contributed by atoms with van der Waals surface area (Å²) in [6.07, 6.45) is 1.99. The third-order valence-electron chi connectivity index (χ3n) is 2.35. The minimum Gasteiger partial charge on any atom is -0.256 e. The fraction of sp³-hybridized carbons (Fsp3) is 0.0769. The summed E-state index contributed by atoms with van der Waals surface area (Å²) in [5, 5.41) is 9.89. The second-order valence-corrected chi connectivity index (χ2v) is 4.31. The van der Waals surface area contributed by atoms with Crippen LogP contribution in [0.25, 0.3) is 11.3 Å². The number of hydrogen-bond acceptors (Lipinski definition) is 2. The van der Waals surface area contributed by atoms with Gasteiger partial charge in [0.15, 0.2) is 0 Å². The Hall–Kier alpha value is -1.56. The van der Waals surface area contributed by atoms with Crippen molar-refractivity contribution in [3.05, 3.63) is 52.1 Å². The highest BCUT2D eigenvalue weighted by Gasteiger charge is 2.09. The molecule has 0 aliphatic carbocycles. The minimum atomic E-state index is 0.308. The van der Waals surface area contributed by atoms with Gasteiger partial charge in [0, 0.05) is 16.8 Å². The fourth-order valence-corrected chi connectivity index (χ4v) is 2.09. The Balaban J connectivity index is 2.57. The molecule has 0 saturated carbocycles. The van der Waals surface area contributed by atoms with Gasteiger partial charge in [-0.25, -0.2) is 0 Å². The van der Waals surface area contributed by atoms with Crippen molar-refractivity contribution in [1.29, 1.82) is 5.26 Å². The number of hydrogen-bond donors (Lipinski definition) is 0. The van der Waals surface area contributed by atoms with E-state index in [9.17, 15) is 0 Å². The van der Waals surface area contributed by atoms with E-state index in [1.54, 1.807) is 24.4 Å². The van der Waals surface area contributed by atoms with Gasteiger partial charge in [0.2, 0.25) is 0 Å². The van der Waals surface area contributed by atoms with Gasteiger partial charge < -0.3 is 0 Å². The van der Waals surface area contributed by atoms with E-state index >= 15 is 0 Å². The van der Waals surface area contributed by atoms with Crippen LogP contribution in [0.1, 0.15) is 5.56 Å². The van der Waals surface area contributed by atoms with Gasteiger partial charge in [0.1, 0.15) is 0 Å². The summed E-state index contributed by atoms with van der Waals surface area (Å²) in [7, 11) is 0. The summed E-state index contributed by atoms with van der Waals surface area (Å²) in [5.41, 5.74) is 2.39. The Morgan fingerprint density at radius 1 is 1.24 bits per heavy atom. The molecule has 0 saturated heterocycles. The Morgan fingerprint density at radius 2 is 2.06 bits per heavy atom. The van der Waals surface area contributed by atoms with E-state index in [4.69, 9.17) is 28.5 Å². The average molecular weight is 263 g/mol. The molecule has 0 radical (unpaired) electrons. The highest BCUT2D eigenvalue weighted by atomic mass is 35.5. The van der Waals surface area contributed by atoms with Gasteiger partial charge in [0.25, 0.3) is 0 Å². The quantitative estimate of drug-likeness (QED) is 0.817. The number of rotatable bonds is 2. The predicted octanol–water partition coefficient (Wildman–Crippen LogP) is 4.12. The molecule has 1 aromatic carbocycles. The van der Waals surface area contributed by atoms with Crippen LogP contribution in [0.15, 0.2) is 36.5 Å². The first-order valence-corrected chi connectivity index (χ1v) is 5.74. The number of nitriles is 1. The highest BCUT2D eigenvalue weighted by molar-refractivity contribution is 6.36. The molecule has 2 nitrogen and oxygen atoms in total. The van der Waals surface area contributed by atoms with E-state index in [1.165, 1.54) is 0 Å². The van der Waals surface area contributed by atoms with E-state index < -0.39 is 0 Å². The Bertz CT molecular complexity index is 588. The van der Waals surface area contributed by atoms with Gasteiger partial charge in [-0.3, -0.25) is 4.98 Å². The third-order valence-corrected chi connectivity index (χ3v) is 2.89. The maximum absolute atomic E-state index is 8.77. The first-order chi connectivity index (χ1) is 8.22. The highest BCUT2D eigenvalue weighted by Crippen LogP contribution is 2.31. The van der Waals surface area contributed by atoms with Crippen LogP contribution >= 0.6 is 23.2 Å². The summed E-state index contributed by atoms with van der Waals surface area (Å²) >= 11 is 12.0. The van der Waals surface area contributed by atoms with Gasteiger partial charge in [-0.05, 0) is 29.8 Å². The topological polar surface area (TPSA) is 36.7 Å². The lowest BCUT2D eigenvalue weighted by Gasteiger charge is -2.07. The normalized spacial score (nSPS) is 9.94. The van der Waals surface area contributed by atoms with Crippen molar-refractivity contribution in [3.8, 4) is 17.3 Å². The molecule has 17 heavy (non-hydrogen) atoms. The zero-order valence-electron chi connectivity index (χ0n) is 8.82. The van der Waals surface area contributed by atoms with Gasteiger partial charge in [0.05, 0.1) is 23.2 Å². The number of aromatic nitrogens is 1.